The number of hydrogen-bond acceptors (Lipinski definition) is 1. The van der Waals surface area contributed by atoms with Crippen molar-refractivity contribution in [1.29, 1.82) is 0 Å². The molecule has 0 aromatic heterocycles. The summed E-state index contributed by atoms with van der Waals surface area (Å²) in [5.41, 5.74) is 0.793. The first-order chi connectivity index (χ1) is 8.04. The Labute approximate surface area is 107 Å². The van der Waals surface area contributed by atoms with Crippen molar-refractivity contribution in [3.63, 3.8) is 0 Å². The predicted molar refractivity (Wildman–Crippen MR) is 71.0 cm³/mol. The van der Waals surface area contributed by atoms with Crippen molar-refractivity contribution in [3.8, 4) is 0 Å². The molecule has 1 saturated carbocycles. The topological polar surface area (TPSA) is 12.0 Å². The van der Waals surface area contributed by atoms with Crippen LogP contribution in [0.25, 0.3) is 0 Å². The second-order valence-electron chi connectivity index (χ2n) is 5.30. The van der Waals surface area contributed by atoms with Gasteiger partial charge in [0.15, 0.2) is 0 Å². The highest BCUT2D eigenvalue weighted by Crippen LogP contribution is 2.31. The van der Waals surface area contributed by atoms with Crippen LogP contribution in [0.2, 0.25) is 5.02 Å². The maximum atomic E-state index is 13.2. The van der Waals surface area contributed by atoms with Crippen molar-refractivity contribution < 1.29 is 4.39 Å². The van der Waals surface area contributed by atoms with Gasteiger partial charge in [-0.15, -0.1) is 0 Å². The summed E-state index contributed by atoms with van der Waals surface area (Å²) < 4.78 is 13.2. The monoisotopic (exact) mass is 255 g/mol. The molecule has 1 nitrogen and oxygen atoms in total. The van der Waals surface area contributed by atoms with Crippen LogP contribution in [0.3, 0.4) is 0 Å². The molecule has 1 aliphatic rings. The van der Waals surface area contributed by atoms with Crippen LogP contribution in [0.5, 0.6) is 0 Å². The van der Waals surface area contributed by atoms with Gasteiger partial charge in [-0.2, -0.15) is 0 Å². The summed E-state index contributed by atoms with van der Waals surface area (Å²) in [5, 5.41) is 3.87. The first-order valence-corrected chi connectivity index (χ1v) is 6.65. The Balaban J connectivity index is 2.08. The second kappa shape index (κ2) is 5.26. The highest BCUT2D eigenvalue weighted by molar-refractivity contribution is 6.30. The minimum atomic E-state index is -0.281. The molecule has 0 aliphatic heterocycles. The number of halogens is 2. The standard InChI is InChI=1S/C14H19ClFN/c1-9-3-4-10(2)14(5-9)17-13-7-11(15)6-12(16)8-13/h6-10,14,17H,3-5H2,1-2H3. The molecule has 1 N–H and O–H groups in total. The fraction of sp³-hybridized carbons (Fsp3) is 0.571. The van der Waals surface area contributed by atoms with E-state index in [0.29, 0.717) is 17.0 Å². The molecule has 3 heteroatoms. The summed E-state index contributed by atoms with van der Waals surface area (Å²) in [5.74, 6) is 1.09. The summed E-state index contributed by atoms with van der Waals surface area (Å²) in [6, 6.07) is 5.06. The SMILES string of the molecule is CC1CCC(C)C(Nc2cc(F)cc(Cl)c2)C1. The number of benzene rings is 1. The van der Waals surface area contributed by atoms with E-state index in [1.807, 2.05) is 0 Å². The Hall–Kier alpha value is -0.760. The van der Waals surface area contributed by atoms with Gasteiger partial charge >= 0.3 is 0 Å². The predicted octanol–water partition coefficient (Wildman–Crippen LogP) is 4.72. The number of rotatable bonds is 2. The van der Waals surface area contributed by atoms with Crippen molar-refractivity contribution in [3.05, 3.63) is 29.0 Å². The van der Waals surface area contributed by atoms with Crippen LogP contribution < -0.4 is 5.32 Å². The maximum absolute atomic E-state index is 13.2. The average Bonchev–Trinajstić information content (AvgIpc) is 2.22. The normalized spacial score (nSPS) is 29.1. The van der Waals surface area contributed by atoms with Gasteiger partial charge in [0.25, 0.3) is 0 Å². The molecular weight excluding hydrogens is 237 g/mol. The molecule has 0 bridgehead atoms. The average molecular weight is 256 g/mol. The lowest BCUT2D eigenvalue weighted by Gasteiger charge is -2.34. The Kier molecular flexibility index (Phi) is 3.93. The molecular formula is C14H19ClFN. The molecule has 1 aromatic rings. The molecule has 1 fully saturated rings. The lowest BCUT2D eigenvalue weighted by molar-refractivity contribution is 0.280. The molecule has 1 aliphatic carbocycles. The fourth-order valence-electron chi connectivity index (χ4n) is 2.58. The van der Waals surface area contributed by atoms with E-state index in [1.165, 1.54) is 25.0 Å². The lowest BCUT2D eigenvalue weighted by atomic mass is 9.80. The van der Waals surface area contributed by atoms with Crippen LogP contribution in [-0.2, 0) is 0 Å². The molecule has 0 saturated heterocycles. The minimum absolute atomic E-state index is 0.281. The van der Waals surface area contributed by atoms with E-state index in [-0.39, 0.29) is 5.82 Å². The molecule has 0 heterocycles. The van der Waals surface area contributed by atoms with Gasteiger partial charge in [0, 0.05) is 16.8 Å². The van der Waals surface area contributed by atoms with Gasteiger partial charge in [0.2, 0.25) is 0 Å². The molecule has 17 heavy (non-hydrogen) atoms. The molecule has 0 amide bonds. The lowest BCUT2D eigenvalue weighted by Crippen LogP contribution is -2.33. The van der Waals surface area contributed by atoms with Crippen LogP contribution in [-0.4, -0.2) is 6.04 Å². The van der Waals surface area contributed by atoms with Crippen molar-refractivity contribution in [2.45, 2.75) is 39.2 Å². The summed E-state index contributed by atoms with van der Waals surface area (Å²) in [7, 11) is 0. The Bertz CT molecular complexity index is 374. The molecule has 2 rings (SSSR count). The van der Waals surface area contributed by atoms with Crippen molar-refractivity contribution in [2.24, 2.45) is 11.8 Å². The number of hydrogen-bond donors (Lipinski definition) is 1. The fourth-order valence-corrected chi connectivity index (χ4v) is 2.81. The Morgan fingerprint density at radius 2 is 2.00 bits per heavy atom. The van der Waals surface area contributed by atoms with E-state index >= 15 is 0 Å². The zero-order valence-electron chi connectivity index (χ0n) is 10.3. The van der Waals surface area contributed by atoms with E-state index < -0.39 is 0 Å². The van der Waals surface area contributed by atoms with Gasteiger partial charge < -0.3 is 5.32 Å². The van der Waals surface area contributed by atoms with Crippen molar-refractivity contribution in [2.75, 3.05) is 5.32 Å². The second-order valence-corrected chi connectivity index (χ2v) is 5.74. The molecule has 0 radical (unpaired) electrons. The largest absolute Gasteiger partial charge is 0.382 e. The van der Waals surface area contributed by atoms with Gasteiger partial charge in [-0.05, 0) is 42.9 Å². The highest BCUT2D eigenvalue weighted by atomic mass is 35.5. The third-order valence-corrected chi connectivity index (χ3v) is 3.89. The molecule has 0 spiro atoms. The summed E-state index contributed by atoms with van der Waals surface area (Å²) in [6.45, 7) is 4.53. The smallest absolute Gasteiger partial charge is 0.126 e. The summed E-state index contributed by atoms with van der Waals surface area (Å²) in [4.78, 5) is 0. The molecule has 3 atom stereocenters. The molecule has 3 unspecified atom stereocenters. The minimum Gasteiger partial charge on any atom is -0.382 e. The van der Waals surface area contributed by atoms with Crippen LogP contribution in [0.4, 0.5) is 10.1 Å². The van der Waals surface area contributed by atoms with Crippen LogP contribution >= 0.6 is 11.6 Å². The van der Waals surface area contributed by atoms with Gasteiger partial charge in [-0.25, -0.2) is 4.39 Å². The van der Waals surface area contributed by atoms with Crippen molar-refractivity contribution in [1.82, 2.24) is 0 Å². The number of anilines is 1. The zero-order chi connectivity index (χ0) is 12.4. The van der Waals surface area contributed by atoms with E-state index in [0.717, 1.165) is 18.0 Å². The quantitative estimate of drug-likeness (QED) is 0.807. The third kappa shape index (κ3) is 3.35. The van der Waals surface area contributed by atoms with Crippen LogP contribution in [0.15, 0.2) is 18.2 Å². The summed E-state index contributed by atoms with van der Waals surface area (Å²) >= 11 is 5.85. The molecule has 1 aromatic carbocycles. The summed E-state index contributed by atoms with van der Waals surface area (Å²) in [6.07, 6.45) is 3.68. The van der Waals surface area contributed by atoms with E-state index in [4.69, 9.17) is 11.6 Å². The van der Waals surface area contributed by atoms with Crippen LogP contribution in [0, 0.1) is 17.7 Å². The van der Waals surface area contributed by atoms with Crippen molar-refractivity contribution >= 4 is 17.3 Å². The van der Waals surface area contributed by atoms with Gasteiger partial charge in [-0.3, -0.25) is 0 Å². The first kappa shape index (κ1) is 12.7. The molecule has 94 valence electrons. The van der Waals surface area contributed by atoms with E-state index in [9.17, 15) is 4.39 Å². The highest BCUT2D eigenvalue weighted by Gasteiger charge is 2.25. The van der Waals surface area contributed by atoms with Gasteiger partial charge in [0.05, 0.1) is 0 Å². The first-order valence-electron chi connectivity index (χ1n) is 6.27. The Morgan fingerprint density at radius 1 is 1.24 bits per heavy atom. The number of nitrogens with one attached hydrogen (secondary N) is 1. The Morgan fingerprint density at radius 3 is 2.71 bits per heavy atom. The maximum Gasteiger partial charge on any atom is 0.126 e. The van der Waals surface area contributed by atoms with Gasteiger partial charge in [-0.1, -0.05) is 31.9 Å². The van der Waals surface area contributed by atoms with Crippen LogP contribution in [0.1, 0.15) is 33.1 Å². The van der Waals surface area contributed by atoms with Gasteiger partial charge in [0.1, 0.15) is 5.82 Å². The van der Waals surface area contributed by atoms with E-state index in [2.05, 4.69) is 19.2 Å². The van der Waals surface area contributed by atoms with E-state index in [1.54, 1.807) is 6.07 Å². The zero-order valence-corrected chi connectivity index (χ0v) is 11.1. The third-order valence-electron chi connectivity index (χ3n) is 3.67.